The number of carbonyl (C=O) groups is 1. The van der Waals surface area contributed by atoms with E-state index < -0.39 is 10.0 Å². The van der Waals surface area contributed by atoms with Gasteiger partial charge in [0.25, 0.3) is 5.91 Å². The van der Waals surface area contributed by atoms with E-state index in [0.29, 0.717) is 17.8 Å². The quantitative estimate of drug-likeness (QED) is 0.740. The van der Waals surface area contributed by atoms with Gasteiger partial charge >= 0.3 is 0 Å². The molecule has 0 saturated heterocycles. The minimum Gasteiger partial charge on any atom is -0.322 e. The fourth-order valence-electron chi connectivity index (χ4n) is 2.27. The van der Waals surface area contributed by atoms with Gasteiger partial charge in [0, 0.05) is 17.8 Å². The summed E-state index contributed by atoms with van der Waals surface area (Å²) in [5, 5.41) is 2.82. The van der Waals surface area contributed by atoms with Crippen LogP contribution >= 0.6 is 0 Å². The molecular formula is C19H24N2O3S. The second-order valence-corrected chi connectivity index (χ2v) is 7.80. The molecule has 0 spiro atoms. The van der Waals surface area contributed by atoms with Gasteiger partial charge in [0.15, 0.2) is 0 Å². The molecule has 0 aliphatic rings. The first kappa shape index (κ1) is 19.1. The van der Waals surface area contributed by atoms with Gasteiger partial charge in [-0.15, -0.1) is 0 Å². The average molecular weight is 360 g/mol. The Labute approximate surface area is 149 Å². The predicted octanol–water partition coefficient (Wildman–Crippen LogP) is 3.63. The van der Waals surface area contributed by atoms with Crippen LogP contribution in [0.4, 0.5) is 5.69 Å². The Hall–Kier alpha value is -2.18. The normalized spacial score (nSPS) is 11.3. The zero-order valence-corrected chi connectivity index (χ0v) is 15.6. The van der Waals surface area contributed by atoms with Crippen molar-refractivity contribution in [3.63, 3.8) is 0 Å². The van der Waals surface area contributed by atoms with E-state index in [0.717, 1.165) is 24.0 Å². The average Bonchev–Trinajstić information content (AvgIpc) is 2.58. The van der Waals surface area contributed by atoms with Gasteiger partial charge in [-0.05, 0) is 67.8 Å². The molecule has 0 heterocycles. The lowest BCUT2D eigenvalue weighted by atomic mass is 10.1. The molecule has 2 aromatic rings. The number of aryl methyl sites for hydroxylation is 2. The Morgan fingerprint density at radius 1 is 1.00 bits per heavy atom. The fourth-order valence-corrected chi connectivity index (χ4v) is 3.35. The van der Waals surface area contributed by atoms with Crippen molar-refractivity contribution < 1.29 is 13.2 Å². The zero-order chi connectivity index (χ0) is 18.4. The largest absolute Gasteiger partial charge is 0.322 e. The third-order valence-corrected chi connectivity index (χ3v) is 5.49. The van der Waals surface area contributed by atoms with Crippen molar-refractivity contribution in [1.82, 2.24) is 4.72 Å². The summed E-state index contributed by atoms with van der Waals surface area (Å²) < 4.78 is 26.8. The topological polar surface area (TPSA) is 75.3 Å². The number of nitrogens with one attached hydrogen (secondary N) is 2. The number of amides is 1. The maximum atomic E-state index is 12.3. The molecule has 0 fully saturated rings. The lowest BCUT2D eigenvalue weighted by Crippen LogP contribution is -2.24. The van der Waals surface area contributed by atoms with Crippen molar-refractivity contribution in [3.8, 4) is 0 Å². The molecule has 2 N–H and O–H groups in total. The van der Waals surface area contributed by atoms with Gasteiger partial charge < -0.3 is 5.32 Å². The predicted molar refractivity (Wildman–Crippen MR) is 100 cm³/mol. The Balaban J connectivity index is 2.08. The number of carbonyl (C=O) groups excluding carboxylic acids is 1. The van der Waals surface area contributed by atoms with Crippen LogP contribution in [-0.4, -0.2) is 20.9 Å². The van der Waals surface area contributed by atoms with Gasteiger partial charge in [-0.1, -0.05) is 19.4 Å². The van der Waals surface area contributed by atoms with Crippen molar-refractivity contribution in [2.45, 2.75) is 38.5 Å². The Morgan fingerprint density at radius 3 is 2.28 bits per heavy atom. The van der Waals surface area contributed by atoms with E-state index in [-0.39, 0.29) is 10.8 Å². The second kappa shape index (κ2) is 8.27. The second-order valence-electron chi connectivity index (χ2n) is 6.03. The van der Waals surface area contributed by atoms with E-state index in [2.05, 4.69) is 10.0 Å². The molecule has 0 radical (unpaired) electrons. The summed E-state index contributed by atoms with van der Waals surface area (Å²) in [5.41, 5.74) is 3.37. The van der Waals surface area contributed by atoms with Crippen molar-refractivity contribution in [2.75, 3.05) is 11.9 Å². The lowest BCUT2D eigenvalue weighted by Gasteiger charge is -2.09. The van der Waals surface area contributed by atoms with E-state index in [1.807, 2.05) is 39.0 Å². The first-order valence-corrected chi connectivity index (χ1v) is 9.80. The summed E-state index contributed by atoms with van der Waals surface area (Å²) in [5.74, 6) is -0.272. The fraction of sp³-hybridized carbons (Fsp3) is 0.316. The highest BCUT2D eigenvalue weighted by molar-refractivity contribution is 7.89. The highest BCUT2D eigenvalue weighted by Crippen LogP contribution is 2.16. The minimum absolute atomic E-state index is 0.159. The molecule has 0 aliphatic carbocycles. The maximum absolute atomic E-state index is 12.3. The van der Waals surface area contributed by atoms with Gasteiger partial charge in [0.05, 0.1) is 4.90 Å². The van der Waals surface area contributed by atoms with Crippen LogP contribution in [-0.2, 0) is 10.0 Å². The highest BCUT2D eigenvalue weighted by Gasteiger charge is 2.14. The highest BCUT2D eigenvalue weighted by atomic mass is 32.2. The number of sulfonamides is 1. The van der Waals surface area contributed by atoms with E-state index in [4.69, 9.17) is 0 Å². The molecule has 0 aromatic heterocycles. The maximum Gasteiger partial charge on any atom is 0.255 e. The number of unbranched alkanes of at least 4 members (excludes halogenated alkanes) is 1. The third kappa shape index (κ3) is 5.14. The number of rotatable bonds is 7. The molecule has 1 amide bonds. The van der Waals surface area contributed by atoms with Crippen LogP contribution in [0.5, 0.6) is 0 Å². The summed E-state index contributed by atoms with van der Waals surface area (Å²) in [6, 6.07) is 11.6. The van der Waals surface area contributed by atoms with Gasteiger partial charge in [-0.3, -0.25) is 4.79 Å². The van der Waals surface area contributed by atoms with E-state index in [1.54, 1.807) is 0 Å². The molecule has 0 bridgehead atoms. The summed E-state index contributed by atoms with van der Waals surface area (Å²) in [4.78, 5) is 12.5. The molecule has 6 heteroatoms. The number of hydrogen-bond donors (Lipinski definition) is 2. The number of anilines is 1. The third-order valence-electron chi connectivity index (χ3n) is 4.01. The smallest absolute Gasteiger partial charge is 0.255 e. The number of hydrogen-bond acceptors (Lipinski definition) is 3. The van der Waals surface area contributed by atoms with E-state index in [9.17, 15) is 13.2 Å². The van der Waals surface area contributed by atoms with Crippen molar-refractivity contribution >= 4 is 21.6 Å². The monoisotopic (exact) mass is 360 g/mol. The standard InChI is InChI=1S/C19H24N2O3S/c1-4-5-12-20-25(23,24)18-10-7-16(8-11-18)19(22)21-17-9-6-14(2)15(3)13-17/h6-11,13,20H,4-5,12H2,1-3H3,(H,21,22). The Morgan fingerprint density at radius 2 is 1.68 bits per heavy atom. The Bertz CT molecular complexity index is 843. The minimum atomic E-state index is -3.53. The van der Waals surface area contributed by atoms with Crippen molar-refractivity contribution in [3.05, 3.63) is 59.2 Å². The molecule has 25 heavy (non-hydrogen) atoms. The van der Waals surface area contributed by atoms with Crippen molar-refractivity contribution in [1.29, 1.82) is 0 Å². The van der Waals surface area contributed by atoms with Crippen LogP contribution in [0.3, 0.4) is 0 Å². The lowest BCUT2D eigenvalue weighted by molar-refractivity contribution is 0.102. The van der Waals surface area contributed by atoms with Crippen LogP contribution in [0.15, 0.2) is 47.4 Å². The van der Waals surface area contributed by atoms with Gasteiger partial charge in [-0.2, -0.15) is 0 Å². The van der Waals surface area contributed by atoms with Crippen LogP contribution in [0.1, 0.15) is 41.3 Å². The molecule has 2 aromatic carbocycles. The first-order valence-electron chi connectivity index (χ1n) is 8.32. The summed E-state index contributed by atoms with van der Waals surface area (Å²) in [7, 11) is -3.53. The van der Waals surface area contributed by atoms with Crippen LogP contribution < -0.4 is 10.0 Å². The zero-order valence-electron chi connectivity index (χ0n) is 14.8. The van der Waals surface area contributed by atoms with Crippen LogP contribution in [0.25, 0.3) is 0 Å². The van der Waals surface area contributed by atoms with E-state index >= 15 is 0 Å². The van der Waals surface area contributed by atoms with Gasteiger partial charge in [-0.25, -0.2) is 13.1 Å². The SMILES string of the molecule is CCCCNS(=O)(=O)c1ccc(C(=O)Nc2ccc(C)c(C)c2)cc1. The van der Waals surface area contributed by atoms with E-state index in [1.165, 1.54) is 24.3 Å². The summed E-state index contributed by atoms with van der Waals surface area (Å²) >= 11 is 0. The van der Waals surface area contributed by atoms with Gasteiger partial charge in [0.1, 0.15) is 0 Å². The molecule has 134 valence electrons. The molecule has 0 atom stereocenters. The van der Waals surface area contributed by atoms with Crippen LogP contribution in [0.2, 0.25) is 0 Å². The molecule has 0 aliphatic heterocycles. The molecule has 0 saturated carbocycles. The Kier molecular flexibility index (Phi) is 6.33. The van der Waals surface area contributed by atoms with Crippen LogP contribution in [0, 0.1) is 13.8 Å². The molecule has 0 unspecified atom stereocenters. The van der Waals surface area contributed by atoms with Crippen molar-refractivity contribution in [2.24, 2.45) is 0 Å². The molecule has 5 nitrogen and oxygen atoms in total. The number of benzene rings is 2. The molecular weight excluding hydrogens is 336 g/mol. The molecule has 2 rings (SSSR count). The van der Waals surface area contributed by atoms with Gasteiger partial charge in [0.2, 0.25) is 10.0 Å². The summed E-state index contributed by atoms with van der Waals surface area (Å²) in [6.07, 6.45) is 1.70. The first-order chi connectivity index (χ1) is 11.8. The summed E-state index contributed by atoms with van der Waals surface area (Å²) in [6.45, 7) is 6.40.